The summed E-state index contributed by atoms with van der Waals surface area (Å²) in [7, 11) is 0. The van der Waals surface area contributed by atoms with Gasteiger partial charge in [-0.3, -0.25) is 0 Å². The molecule has 17 heavy (non-hydrogen) atoms. The molecule has 0 radical (unpaired) electrons. The predicted octanol–water partition coefficient (Wildman–Crippen LogP) is 4.01. The van der Waals surface area contributed by atoms with Crippen molar-refractivity contribution in [3.8, 4) is 0 Å². The van der Waals surface area contributed by atoms with Crippen molar-refractivity contribution in [3.05, 3.63) is 23.2 Å². The van der Waals surface area contributed by atoms with Gasteiger partial charge in [-0.05, 0) is 50.1 Å². The monoisotopic (exact) mass is 270 g/mol. The zero-order chi connectivity index (χ0) is 12.3. The Morgan fingerprint density at radius 2 is 2.00 bits per heavy atom. The number of nitrogen functional groups attached to an aromatic ring is 1. The first-order valence-electron chi connectivity index (χ1n) is 6.03. The van der Waals surface area contributed by atoms with Crippen molar-refractivity contribution < 1.29 is 0 Å². The largest absolute Gasteiger partial charge is 0.397 e. The molecule has 94 valence electrons. The minimum Gasteiger partial charge on any atom is -0.397 e. The van der Waals surface area contributed by atoms with E-state index in [2.05, 4.69) is 11.6 Å². The lowest BCUT2D eigenvalue weighted by Crippen LogP contribution is -2.27. The standard InChI is InChI=1S/C13H19ClN2S/c1-17-11-5-3-10(4-6-11)16-13-8-9(14)2-7-12(13)15/h2,7-8,10-11,16H,3-6,15H2,1H3. The van der Waals surface area contributed by atoms with Crippen molar-refractivity contribution in [1.82, 2.24) is 0 Å². The third-order valence-corrected chi connectivity index (χ3v) is 4.76. The van der Waals surface area contributed by atoms with Gasteiger partial charge in [-0.15, -0.1) is 0 Å². The van der Waals surface area contributed by atoms with Crippen LogP contribution in [0.3, 0.4) is 0 Å². The number of halogens is 1. The van der Waals surface area contributed by atoms with E-state index in [0.29, 0.717) is 6.04 Å². The highest BCUT2D eigenvalue weighted by Gasteiger charge is 2.20. The highest BCUT2D eigenvalue weighted by molar-refractivity contribution is 7.99. The van der Waals surface area contributed by atoms with Crippen LogP contribution in [0.15, 0.2) is 18.2 Å². The van der Waals surface area contributed by atoms with Crippen molar-refractivity contribution in [1.29, 1.82) is 0 Å². The number of thioether (sulfide) groups is 1. The van der Waals surface area contributed by atoms with Gasteiger partial charge in [0.2, 0.25) is 0 Å². The second-order valence-corrected chi connectivity index (χ2v) is 6.16. The fraction of sp³-hybridized carbons (Fsp3) is 0.538. The molecule has 0 amide bonds. The zero-order valence-corrected chi connectivity index (χ0v) is 11.7. The predicted molar refractivity (Wildman–Crippen MR) is 79.0 cm³/mol. The van der Waals surface area contributed by atoms with Gasteiger partial charge in [0.25, 0.3) is 0 Å². The molecule has 4 heteroatoms. The fourth-order valence-electron chi connectivity index (χ4n) is 2.32. The zero-order valence-electron chi connectivity index (χ0n) is 10.1. The first-order valence-corrected chi connectivity index (χ1v) is 7.70. The lowest BCUT2D eigenvalue weighted by Gasteiger charge is -2.29. The van der Waals surface area contributed by atoms with Crippen molar-refractivity contribution in [2.45, 2.75) is 37.0 Å². The Kier molecular flexibility index (Phi) is 4.46. The topological polar surface area (TPSA) is 38.0 Å². The Morgan fingerprint density at radius 3 is 2.65 bits per heavy atom. The molecule has 0 aromatic heterocycles. The van der Waals surface area contributed by atoms with Gasteiger partial charge in [0, 0.05) is 16.3 Å². The third-order valence-electron chi connectivity index (χ3n) is 3.38. The van der Waals surface area contributed by atoms with Crippen LogP contribution in [0.5, 0.6) is 0 Å². The maximum atomic E-state index is 5.98. The molecule has 1 fully saturated rings. The highest BCUT2D eigenvalue weighted by Crippen LogP contribution is 2.30. The molecule has 3 N–H and O–H groups in total. The van der Waals surface area contributed by atoms with Gasteiger partial charge in [-0.2, -0.15) is 11.8 Å². The van der Waals surface area contributed by atoms with Gasteiger partial charge in [0.1, 0.15) is 0 Å². The van der Waals surface area contributed by atoms with E-state index in [1.807, 2.05) is 30.0 Å². The van der Waals surface area contributed by atoms with E-state index < -0.39 is 0 Å². The minimum absolute atomic E-state index is 0.541. The van der Waals surface area contributed by atoms with E-state index in [-0.39, 0.29) is 0 Å². The first kappa shape index (κ1) is 12.9. The van der Waals surface area contributed by atoms with Crippen LogP contribution in [0.4, 0.5) is 11.4 Å². The lowest BCUT2D eigenvalue weighted by atomic mass is 9.94. The van der Waals surface area contributed by atoms with Crippen LogP contribution in [0.1, 0.15) is 25.7 Å². The van der Waals surface area contributed by atoms with E-state index in [9.17, 15) is 0 Å². The summed E-state index contributed by atoms with van der Waals surface area (Å²) in [6.45, 7) is 0. The molecule has 1 saturated carbocycles. The van der Waals surface area contributed by atoms with Gasteiger partial charge in [0.15, 0.2) is 0 Å². The van der Waals surface area contributed by atoms with Gasteiger partial charge < -0.3 is 11.1 Å². The maximum absolute atomic E-state index is 5.98. The van der Waals surface area contributed by atoms with Gasteiger partial charge in [-0.1, -0.05) is 11.6 Å². The average molecular weight is 271 g/mol. The van der Waals surface area contributed by atoms with Crippen LogP contribution >= 0.6 is 23.4 Å². The number of hydrogen-bond acceptors (Lipinski definition) is 3. The Bertz CT molecular complexity index is 376. The summed E-state index contributed by atoms with van der Waals surface area (Å²) in [6, 6.07) is 6.14. The van der Waals surface area contributed by atoms with E-state index in [1.54, 1.807) is 0 Å². The van der Waals surface area contributed by atoms with E-state index in [4.69, 9.17) is 17.3 Å². The van der Waals surface area contributed by atoms with E-state index in [0.717, 1.165) is 21.6 Å². The Morgan fingerprint density at radius 1 is 1.29 bits per heavy atom. The Balaban J connectivity index is 1.95. The number of rotatable bonds is 3. The van der Waals surface area contributed by atoms with Crippen LogP contribution in [-0.4, -0.2) is 17.5 Å². The quantitative estimate of drug-likeness (QED) is 0.815. The fourth-order valence-corrected chi connectivity index (χ4v) is 3.23. The normalized spacial score (nSPS) is 24.6. The molecule has 1 aliphatic rings. The number of anilines is 2. The molecule has 0 saturated heterocycles. The van der Waals surface area contributed by atoms with Gasteiger partial charge >= 0.3 is 0 Å². The van der Waals surface area contributed by atoms with Crippen LogP contribution in [-0.2, 0) is 0 Å². The van der Waals surface area contributed by atoms with Crippen LogP contribution in [0.2, 0.25) is 5.02 Å². The Hall–Kier alpha value is -0.540. The lowest BCUT2D eigenvalue weighted by molar-refractivity contribution is 0.473. The molecule has 1 aromatic carbocycles. The third kappa shape index (κ3) is 3.46. The SMILES string of the molecule is CSC1CCC(Nc2cc(Cl)ccc2N)CC1. The molecular weight excluding hydrogens is 252 g/mol. The summed E-state index contributed by atoms with van der Waals surface area (Å²) in [4.78, 5) is 0. The van der Waals surface area contributed by atoms with Gasteiger partial charge in [-0.25, -0.2) is 0 Å². The summed E-state index contributed by atoms with van der Waals surface area (Å²) in [6.07, 6.45) is 7.22. The van der Waals surface area contributed by atoms with Crippen LogP contribution < -0.4 is 11.1 Å². The second kappa shape index (κ2) is 5.87. The van der Waals surface area contributed by atoms with E-state index >= 15 is 0 Å². The highest BCUT2D eigenvalue weighted by atomic mass is 35.5. The molecule has 1 aromatic rings. The smallest absolute Gasteiger partial charge is 0.0590 e. The Labute approximate surface area is 112 Å². The summed E-state index contributed by atoms with van der Waals surface area (Å²) >= 11 is 7.97. The molecule has 0 spiro atoms. The molecule has 0 atom stereocenters. The van der Waals surface area contributed by atoms with E-state index in [1.165, 1.54) is 25.7 Å². The van der Waals surface area contributed by atoms with Crippen molar-refractivity contribution in [3.63, 3.8) is 0 Å². The maximum Gasteiger partial charge on any atom is 0.0590 e. The van der Waals surface area contributed by atoms with Gasteiger partial charge in [0.05, 0.1) is 11.4 Å². The molecule has 0 heterocycles. The van der Waals surface area contributed by atoms with Crippen molar-refractivity contribution in [2.24, 2.45) is 0 Å². The van der Waals surface area contributed by atoms with Crippen LogP contribution in [0.25, 0.3) is 0 Å². The summed E-state index contributed by atoms with van der Waals surface area (Å²) < 4.78 is 0. The summed E-state index contributed by atoms with van der Waals surface area (Å²) in [5.41, 5.74) is 7.69. The molecular formula is C13H19ClN2S. The minimum atomic E-state index is 0.541. The molecule has 0 bridgehead atoms. The number of nitrogens with one attached hydrogen (secondary N) is 1. The second-order valence-electron chi connectivity index (χ2n) is 4.59. The first-order chi connectivity index (χ1) is 8.19. The number of hydrogen-bond donors (Lipinski definition) is 2. The van der Waals surface area contributed by atoms with Crippen LogP contribution in [0, 0.1) is 0 Å². The number of nitrogens with two attached hydrogens (primary N) is 1. The molecule has 0 aliphatic heterocycles. The number of benzene rings is 1. The van der Waals surface area contributed by atoms with Crippen molar-refractivity contribution >= 4 is 34.7 Å². The summed E-state index contributed by atoms with van der Waals surface area (Å²) in [5, 5.41) is 5.09. The molecule has 2 nitrogen and oxygen atoms in total. The molecule has 0 unspecified atom stereocenters. The molecule has 2 rings (SSSR count). The summed E-state index contributed by atoms with van der Waals surface area (Å²) in [5.74, 6) is 0. The van der Waals surface area contributed by atoms with Crippen molar-refractivity contribution in [2.75, 3.05) is 17.3 Å². The molecule has 1 aliphatic carbocycles. The average Bonchev–Trinajstić information content (AvgIpc) is 2.35.